The minimum atomic E-state index is -4.46. The lowest BCUT2D eigenvalue weighted by atomic mass is 10.1. The average Bonchev–Trinajstić information content (AvgIpc) is 2.89. The Morgan fingerprint density at radius 2 is 1.58 bits per heavy atom. The molecule has 0 aliphatic carbocycles. The average molecular weight is 530 g/mol. The van der Waals surface area contributed by atoms with Crippen LogP contribution < -0.4 is 14.2 Å². The van der Waals surface area contributed by atoms with E-state index in [9.17, 15) is 18.0 Å². The molecule has 2 heterocycles. The van der Waals surface area contributed by atoms with E-state index >= 15 is 0 Å². The highest BCUT2D eigenvalue weighted by atomic mass is 19.4. The molecular formula is C28H30F3N3O4. The summed E-state index contributed by atoms with van der Waals surface area (Å²) in [7, 11) is 4.11. The second-order valence-corrected chi connectivity index (χ2v) is 9.33. The van der Waals surface area contributed by atoms with E-state index in [0.717, 1.165) is 30.8 Å². The Bertz CT molecular complexity index is 1180. The van der Waals surface area contributed by atoms with Gasteiger partial charge in [0.05, 0.1) is 5.56 Å². The Kier molecular flexibility index (Phi) is 8.73. The summed E-state index contributed by atoms with van der Waals surface area (Å²) in [6.45, 7) is 2.03. The van der Waals surface area contributed by atoms with Crippen LogP contribution in [0.4, 0.5) is 18.0 Å². The number of ether oxygens (including phenoxy) is 3. The van der Waals surface area contributed by atoms with Crippen molar-refractivity contribution < 1.29 is 32.2 Å². The van der Waals surface area contributed by atoms with Gasteiger partial charge >= 0.3 is 12.3 Å². The minimum Gasteiger partial charge on any atom is -0.490 e. The molecule has 0 radical (unpaired) electrons. The molecular weight excluding hydrogens is 499 g/mol. The third-order valence-electron chi connectivity index (χ3n) is 6.09. The molecule has 3 aromatic rings. The maximum Gasteiger partial charge on any atom is 0.417 e. The topological polar surface area (TPSA) is 64.1 Å². The smallest absolute Gasteiger partial charge is 0.417 e. The first-order valence-corrected chi connectivity index (χ1v) is 12.3. The number of piperidine rings is 1. The molecule has 2 aromatic carbocycles. The number of amides is 1. The third-order valence-corrected chi connectivity index (χ3v) is 6.09. The number of benzene rings is 2. The van der Waals surface area contributed by atoms with Crippen LogP contribution in [0.3, 0.4) is 0 Å². The van der Waals surface area contributed by atoms with Gasteiger partial charge in [-0.2, -0.15) is 13.2 Å². The Morgan fingerprint density at radius 1 is 0.947 bits per heavy atom. The van der Waals surface area contributed by atoms with Crippen LogP contribution in [0, 0.1) is 0 Å². The molecule has 38 heavy (non-hydrogen) atoms. The number of alkyl halides is 3. The molecule has 1 fully saturated rings. The molecule has 0 N–H and O–H groups in total. The fourth-order valence-electron chi connectivity index (χ4n) is 3.91. The van der Waals surface area contributed by atoms with Gasteiger partial charge in [0.2, 0.25) is 5.88 Å². The number of hydrogen-bond donors (Lipinski definition) is 0. The van der Waals surface area contributed by atoms with Crippen LogP contribution in [0.2, 0.25) is 0 Å². The molecule has 1 aliphatic rings. The summed E-state index contributed by atoms with van der Waals surface area (Å²) in [6, 6.07) is 16.4. The van der Waals surface area contributed by atoms with Crippen LogP contribution in [-0.2, 0) is 12.6 Å². The minimum absolute atomic E-state index is 0.0214. The molecule has 0 saturated carbocycles. The van der Waals surface area contributed by atoms with Crippen LogP contribution in [-0.4, -0.2) is 60.7 Å². The number of pyridine rings is 1. The SMILES string of the molecule is CN(C)CCc1ccc(OC2CCN(C(=O)Oc3ccc(Oc4ccc(C(F)(F)F)cn4)cc3)CC2)cc1. The molecule has 0 bridgehead atoms. The number of carbonyl (C=O) groups excluding carboxylic acids is 1. The quantitative estimate of drug-likeness (QED) is 0.355. The van der Waals surface area contributed by atoms with Crippen LogP contribution in [0.5, 0.6) is 23.1 Å². The van der Waals surface area contributed by atoms with Gasteiger partial charge < -0.3 is 24.0 Å². The van der Waals surface area contributed by atoms with Gasteiger partial charge in [0.15, 0.2) is 0 Å². The standard InChI is InChI=1S/C28H30F3N3O4/c1-33(2)16-13-20-3-6-22(7-4-20)36-25-14-17-34(18-15-25)27(35)38-24-10-8-23(9-11-24)37-26-12-5-21(19-32-26)28(29,30)31/h3-12,19,25H,13-18H2,1-2H3. The molecule has 4 rings (SSSR count). The van der Waals surface area contributed by atoms with Crippen molar-refractivity contribution in [1.29, 1.82) is 0 Å². The number of rotatable bonds is 8. The van der Waals surface area contributed by atoms with Crippen LogP contribution in [0.25, 0.3) is 0 Å². The number of likely N-dealkylation sites (N-methyl/N-ethyl adjacent to an activating group) is 1. The van der Waals surface area contributed by atoms with Gasteiger partial charge in [-0.25, -0.2) is 9.78 Å². The molecule has 202 valence electrons. The van der Waals surface area contributed by atoms with Gasteiger partial charge in [-0.1, -0.05) is 12.1 Å². The van der Waals surface area contributed by atoms with Gasteiger partial charge in [-0.3, -0.25) is 0 Å². The monoisotopic (exact) mass is 529 g/mol. The fraction of sp³-hybridized carbons (Fsp3) is 0.357. The summed E-state index contributed by atoms with van der Waals surface area (Å²) >= 11 is 0. The molecule has 0 atom stereocenters. The molecule has 1 saturated heterocycles. The van der Waals surface area contributed by atoms with E-state index < -0.39 is 17.8 Å². The van der Waals surface area contributed by atoms with Gasteiger partial charge in [-0.05, 0) is 68.5 Å². The molecule has 0 unspecified atom stereocenters. The number of hydrogen-bond acceptors (Lipinski definition) is 6. The molecule has 1 aromatic heterocycles. The second kappa shape index (κ2) is 12.2. The number of likely N-dealkylation sites (tertiary alicyclic amines) is 1. The van der Waals surface area contributed by atoms with Crippen molar-refractivity contribution in [3.63, 3.8) is 0 Å². The van der Waals surface area contributed by atoms with Crippen molar-refractivity contribution in [3.05, 3.63) is 78.0 Å². The van der Waals surface area contributed by atoms with Gasteiger partial charge in [0, 0.05) is 44.7 Å². The predicted octanol–water partition coefficient (Wildman–Crippen LogP) is 6.04. The van der Waals surface area contributed by atoms with E-state index in [2.05, 4.69) is 36.1 Å². The molecule has 10 heteroatoms. The lowest BCUT2D eigenvalue weighted by Crippen LogP contribution is -2.43. The zero-order valence-electron chi connectivity index (χ0n) is 21.3. The normalized spacial score (nSPS) is 14.4. The maximum atomic E-state index is 12.7. The van der Waals surface area contributed by atoms with E-state index in [4.69, 9.17) is 14.2 Å². The molecule has 1 amide bonds. The Labute approximate surface area is 219 Å². The summed E-state index contributed by atoms with van der Waals surface area (Å²) in [5.74, 6) is 1.53. The van der Waals surface area contributed by atoms with Gasteiger partial charge in [0.25, 0.3) is 0 Å². The zero-order chi connectivity index (χ0) is 27.1. The molecule has 7 nitrogen and oxygen atoms in total. The van der Waals surface area contributed by atoms with E-state index in [1.54, 1.807) is 29.2 Å². The first-order valence-electron chi connectivity index (χ1n) is 12.3. The van der Waals surface area contributed by atoms with E-state index in [0.29, 0.717) is 43.6 Å². The van der Waals surface area contributed by atoms with E-state index in [1.807, 2.05) is 12.1 Å². The highest BCUT2D eigenvalue weighted by molar-refractivity contribution is 5.70. The lowest BCUT2D eigenvalue weighted by Gasteiger charge is -2.31. The maximum absolute atomic E-state index is 12.7. The number of carbonyl (C=O) groups is 1. The van der Waals surface area contributed by atoms with Gasteiger partial charge in [-0.15, -0.1) is 0 Å². The van der Waals surface area contributed by atoms with Crippen molar-refractivity contribution in [1.82, 2.24) is 14.8 Å². The van der Waals surface area contributed by atoms with Crippen LogP contribution >= 0.6 is 0 Å². The van der Waals surface area contributed by atoms with E-state index in [-0.39, 0.29) is 12.0 Å². The van der Waals surface area contributed by atoms with Gasteiger partial charge in [0.1, 0.15) is 23.4 Å². The summed E-state index contributed by atoms with van der Waals surface area (Å²) in [5.41, 5.74) is 0.409. The first kappa shape index (κ1) is 27.3. The summed E-state index contributed by atoms with van der Waals surface area (Å²) < 4.78 is 55.0. The van der Waals surface area contributed by atoms with Crippen molar-refractivity contribution in [2.24, 2.45) is 0 Å². The number of nitrogens with zero attached hydrogens (tertiary/aromatic N) is 3. The van der Waals surface area contributed by atoms with Crippen molar-refractivity contribution in [2.45, 2.75) is 31.5 Å². The Balaban J connectivity index is 1.21. The van der Waals surface area contributed by atoms with Crippen molar-refractivity contribution >= 4 is 6.09 Å². The molecule has 1 aliphatic heterocycles. The summed E-state index contributed by atoms with van der Waals surface area (Å²) in [5, 5.41) is 0. The Hall–Kier alpha value is -3.79. The largest absolute Gasteiger partial charge is 0.490 e. The second-order valence-electron chi connectivity index (χ2n) is 9.33. The van der Waals surface area contributed by atoms with Crippen LogP contribution in [0.15, 0.2) is 66.9 Å². The first-order chi connectivity index (χ1) is 18.2. The highest BCUT2D eigenvalue weighted by Gasteiger charge is 2.30. The summed E-state index contributed by atoms with van der Waals surface area (Å²) in [4.78, 5) is 20.1. The lowest BCUT2D eigenvalue weighted by molar-refractivity contribution is -0.137. The summed E-state index contributed by atoms with van der Waals surface area (Å²) in [6.07, 6.45) is -1.79. The zero-order valence-corrected chi connectivity index (χ0v) is 21.3. The van der Waals surface area contributed by atoms with Crippen molar-refractivity contribution in [2.75, 3.05) is 33.7 Å². The van der Waals surface area contributed by atoms with Crippen LogP contribution in [0.1, 0.15) is 24.0 Å². The number of aromatic nitrogens is 1. The molecule has 0 spiro atoms. The highest BCUT2D eigenvalue weighted by Crippen LogP contribution is 2.30. The van der Waals surface area contributed by atoms with E-state index in [1.165, 1.54) is 5.56 Å². The predicted molar refractivity (Wildman–Crippen MR) is 136 cm³/mol. The van der Waals surface area contributed by atoms with Crippen molar-refractivity contribution in [3.8, 4) is 23.1 Å². The number of halogens is 3. The fourth-order valence-corrected chi connectivity index (χ4v) is 3.91. The Morgan fingerprint density at radius 3 is 2.16 bits per heavy atom. The third kappa shape index (κ3) is 7.85.